The highest BCUT2D eigenvalue weighted by atomic mass is 32.2. The van der Waals surface area contributed by atoms with Crippen molar-refractivity contribution in [2.75, 3.05) is 38.5 Å². The Balaban J connectivity index is 1.58. The van der Waals surface area contributed by atoms with Gasteiger partial charge in [-0.25, -0.2) is 8.42 Å². The van der Waals surface area contributed by atoms with E-state index in [1.165, 1.54) is 16.4 Å². The van der Waals surface area contributed by atoms with Crippen molar-refractivity contribution in [1.29, 1.82) is 0 Å². The van der Waals surface area contributed by atoms with Gasteiger partial charge in [-0.1, -0.05) is 25.5 Å². The minimum absolute atomic E-state index is 0.0776. The zero-order chi connectivity index (χ0) is 23.4. The molecule has 1 atom stereocenters. The van der Waals surface area contributed by atoms with E-state index in [9.17, 15) is 26.4 Å². The van der Waals surface area contributed by atoms with Gasteiger partial charge in [0.2, 0.25) is 15.9 Å². The normalized spacial score (nSPS) is 21.6. The summed E-state index contributed by atoms with van der Waals surface area (Å²) in [4.78, 5) is 17.1. The molecule has 6 nitrogen and oxygen atoms in total. The third-order valence-electron chi connectivity index (χ3n) is 6.19. The van der Waals surface area contributed by atoms with Gasteiger partial charge in [-0.2, -0.15) is 17.5 Å². The average Bonchev–Trinajstić information content (AvgIpc) is 3.14. The Labute approximate surface area is 188 Å². The van der Waals surface area contributed by atoms with Crippen LogP contribution in [0.25, 0.3) is 0 Å². The molecule has 0 aliphatic carbocycles. The number of unbranched alkanes of at least 4 members (excludes halogenated alkanes) is 1. The first-order valence-corrected chi connectivity index (χ1v) is 12.9. The molecule has 1 unspecified atom stereocenters. The van der Waals surface area contributed by atoms with Crippen molar-refractivity contribution >= 4 is 15.9 Å². The summed E-state index contributed by atoms with van der Waals surface area (Å²) in [5.41, 5.74) is 0.130. The first-order valence-electron chi connectivity index (χ1n) is 11.3. The van der Waals surface area contributed by atoms with Crippen molar-refractivity contribution in [2.24, 2.45) is 0 Å². The number of amides is 1. The van der Waals surface area contributed by atoms with Crippen LogP contribution in [0.2, 0.25) is 0 Å². The molecule has 0 aromatic heterocycles. The summed E-state index contributed by atoms with van der Waals surface area (Å²) in [5.74, 6) is -0.0484. The van der Waals surface area contributed by atoms with E-state index in [0.29, 0.717) is 52.0 Å². The summed E-state index contributed by atoms with van der Waals surface area (Å²) in [5, 5.41) is 0. The zero-order valence-corrected chi connectivity index (χ0v) is 19.3. The fourth-order valence-corrected chi connectivity index (χ4v) is 6.26. The molecule has 0 saturated carbocycles. The molecule has 3 rings (SSSR count). The van der Waals surface area contributed by atoms with Crippen LogP contribution in [0, 0.1) is 0 Å². The van der Waals surface area contributed by atoms with Crippen LogP contribution in [-0.4, -0.2) is 72.9 Å². The van der Waals surface area contributed by atoms with Crippen molar-refractivity contribution in [3.63, 3.8) is 0 Å². The van der Waals surface area contributed by atoms with Crippen molar-refractivity contribution in [1.82, 2.24) is 14.1 Å². The average molecular weight is 476 g/mol. The van der Waals surface area contributed by atoms with Crippen molar-refractivity contribution in [3.8, 4) is 0 Å². The lowest BCUT2D eigenvalue weighted by molar-refractivity contribution is -0.137. The molecule has 1 amide bonds. The summed E-state index contributed by atoms with van der Waals surface area (Å²) in [7, 11) is -3.43. The van der Waals surface area contributed by atoms with Crippen LogP contribution in [0.4, 0.5) is 13.2 Å². The molecule has 0 radical (unpaired) electrons. The van der Waals surface area contributed by atoms with E-state index in [4.69, 9.17) is 0 Å². The number of carbonyl (C=O) groups excluding carboxylic acids is 1. The molecule has 2 heterocycles. The second-order valence-electron chi connectivity index (χ2n) is 8.59. The van der Waals surface area contributed by atoms with Crippen LogP contribution >= 0.6 is 0 Å². The number of sulfonamides is 1. The van der Waals surface area contributed by atoms with Crippen LogP contribution in [0.5, 0.6) is 0 Å². The number of rotatable bonds is 7. The molecular formula is C22H32F3N3O3S. The molecule has 0 bridgehead atoms. The highest BCUT2D eigenvalue weighted by Crippen LogP contribution is 2.29. The smallest absolute Gasteiger partial charge is 0.340 e. The minimum Gasteiger partial charge on any atom is -0.340 e. The Morgan fingerprint density at radius 1 is 1.03 bits per heavy atom. The van der Waals surface area contributed by atoms with Crippen molar-refractivity contribution in [2.45, 2.75) is 57.8 Å². The lowest BCUT2D eigenvalue weighted by Crippen LogP contribution is -2.49. The number of benzene rings is 1. The third-order valence-corrected chi connectivity index (χ3v) is 8.15. The molecule has 180 valence electrons. The second-order valence-corrected chi connectivity index (χ2v) is 10.6. The number of hydrogen-bond acceptors (Lipinski definition) is 4. The summed E-state index contributed by atoms with van der Waals surface area (Å²) < 4.78 is 65.0. The number of halogens is 3. The number of alkyl halides is 3. The van der Waals surface area contributed by atoms with Gasteiger partial charge < -0.3 is 4.90 Å². The van der Waals surface area contributed by atoms with E-state index in [2.05, 4.69) is 4.90 Å². The maximum Gasteiger partial charge on any atom is 0.416 e. The van der Waals surface area contributed by atoms with E-state index in [1.807, 2.05) is 6.92 Å². The number of nitrogens with zero attached hydrogens (tertiary/aromatic N) is 3. The second kappa shape index (κ2) is 10.5. The highest BCUT2D eigenvalue weighted by Gasteiger charge is 2.40. The maximum absolute atomic E-state index is 13.2. The van der Waals surface area contributed by atoms with Gasteiger partial charge in [0.05, 0.1) is 11.3 Å². The quantitative estimate of drug-likeness (QED) is 0.607. The maximum atomic E-state index is 13.2. The third kappa shape index (κ3) is 6.23. The standard InChI is InChI=1S/C22H32F3N3O3S/c1-2-3-16-32(30,31)28-13-4-6-20(28)21(29)27-12-5-11-26(14-15-27)17-18-7-9-19(10-8-18)22(23,24)25/h7-10,20H,2-6,11-17H2,1H3. The topological polar surface area (TPSA) is 60.9 Å². The molecule has 1 aromatic rings. The highest BCUT2D eigenvalue weighted by molar-refractivity contribution is 7.89. The monoisotopic (exact) mass is 475 g/mol. The van der Waals surface area contributed by atoms with Gasteiger partial charge in [-0.15, -0.1) is 0 Å². The molecule has 10 heteroatoms. The van der Waals surface area contributed by atoms with Gasteiger partial charge in [0.15, 0.2) is 0 Å². The number of hydrogen-bond donors (Lipinski definition) is 0. The van der Waals surface area contributed by atoms with E-state index in [0.717, 1.165) is 37.1 Å². The summed E-state index contributed by atoms with van der Waals surface area (Å²) >= 11 is 0. The van der Waals surface area contributed by atoms with Crippen molar-refractivity contribution in [3.05, 3.63) is 35.4 Å². The van der Waals surface area contributed by atoms with Gasteiger partial charge >= 0.3 is 6.18 Å². The van der Waals surface area contributed by atoms with E-state index in [1.54, 1.807) is 4.90 Å². The molecule has 1 aromatic carbocycles. The molecule has 0 N–H and O–H groups in total. The van der Waals surface area contributed by atoms with Gasteiger partial charge in [-0.05, 0) is 43.4 Å². The van der Waals surface area contributed by atoms with E-state index >= 15 is 0 Å². The molecule has 2 aliphatic rings. The predicted octanol–water partition coefficient (Wildman–Crippen LogP) is 3.33. The Hall–Kier alpha value is -1.65. The first kappa shape index (κ1) is 25.0. The summed E-state index contributed by atoms with van der Waals surface area (Å²) in [6.45, 7) is 5.23. The van der Waals surface area contributed by atoms with Crippen LogP contribution in [0.3, 0.4) is 0 Å². The molecule has 2 aliphatic heterocycles. The van der Waals surface area contributed by atoms with Crippen LogP contribution in [-0.2, 0) is 27.5 Å². The first-order chi connectivity index (χ1) is 15.1. The fourth-order valence-electron chi connectivity index (χ4n) is 4.38. The fraction of sp³-hybridized carbons (Fsp3) is 0.682. The SMILES string of the molecule is CCCCS(=O)(=O)N1CCCC1C(=O)N1CCCN(Cc2ccc(C(F)(F)F)cc2)CC1. The van der Waals surface area contributed by atoms with Gasteiger partial charge in [-0.3, -0.25) is 9.69 Å². The Kier molecular flexibility index (Phi) is 8.21. The Morgan fingerprint density at radius 3 is 2.41 bits per heavy atom. The zero-order valence-electron chi connectivity index (χ0n) is 18.5. The largest absolute Gasteiger partial charge is 0.416 e. The van der Waals surface area contributed by atoms with Crippen LogP contribution < -0.4 is 0 Å². The number of carbonyl (C=O) groups is 1. The molecule has 0 spiro atoms. The van der Waals surface area contributed by atoms with E-state index < -0.39 is 27.8 Å². The van der Waals surface area contributed by atoms with Crippen LogP contribution in [0.1, 0.15) is 50.2 Å². The molecular weight excluding hydrogens is 443 g/mol. The van der Waals surface area contributed by atoms with Crippen LogP contribution in [0.15, 0.2) is 24.3 Å². The van der Waals surface area contributed by atoms with E-state index in [-0.39, 0.29) is 11.7 Å². The molecule has 32 heavy (non-hydrogen) atoms. The minimum atomic E-state index is -4.35. The lowest BCUT2D eigenvalue weighted by Gasteiger charge is -2.29. The van der Waals surface area contributed by atoms with Gasteiger partial charge in [0.1, 0.15) is 6.04 Å². The lowest BCUT2D eigenvalue weighted by atomic mass is 10.1. The molecule has 2 saturated heterocycles. The molecule has 2 fully saturated rings. The summed E-state index contributed by atoms with van der Waals surface area (Å²) in [6.07, 6.45) is -0.998. The predicted molar refractivity (Wildman–Crippen MR) is 116 cm³/mol. The summed E-state index contributed by atoms with van der Waals surface area (Å²) in [6, 6.07) is 4.56. The Bertz CT molecular complexity index is 875. The van der Waals surface area contributed by atoms with Gasteiger partial charge in [0, 0.05) is 39.3 Å². The van der Waals surface area contributed by atoms with Gasteiger partial charge in [0.25, 0.3) is 0 Å². The van der Waals surface area contributed by atoms with Crippen molar-refractivity contribution < 1.29 is 26.4 Å². The Morgan fingerprint density at radius 2 is 1.75 bits per heavy atom.